The summed E-state index contributed by atoms with van der Waals surface area (Å²) in [5, 5.41) is 23.5. The van der Waals surface area contributed by atoms with Crippen molar-refractivity contribution in [3.05, 3.63) is 82.9 Å². The zero-order valence-electron chi connectivity index (χ0n) is 12.0. The first-order valence-electron chi connectivity index (χ1n) is 7.73. The number of hydrogen-bond acceptors (Lipinski definition) is 2. The van der Waals surface area contributed by atoms with Gasteiger partial charge in [-0.2, -0.15) is 0 Å². The highest BCUT2D eigenvalue weighted by Crippen LogP contribution is 2.53. The average Bonchev–Trinajstić information content (AvgIpc) is 2.56. The molecule has 3 aromatic carbocycles. The molecule has 108 valence electrons. The highest BCUT2D eigenvalue weighted by atomic mass is 16.3. The maximum atomic E-state index is 10.6. The second-order valence-corrected chi connectivity index (χ2v) is 6.39. The summed E-state index contributed by atoms with van der Waals surface area (Å²) in [7, 11) is 0. The summed E-state index contributed by atoms with van der Waals surface area (Å²) >= 11 is 0. The third-order valence-corrected chi connectivity index (χ3v) is 5.32. The van der Waals surface area contributed by atoms with Crippen LogP contribution >= 0.6 is 0 Å². The summed E-state index contributed by atoms with van der Waals surface area (Å²) in [5.41, 5.74) is 4.65. The molecule has 3 aliphatic carbocycles. The van der Waals surface area contributed by atoms with Gasteiger partial charge in [-0.05, 0) is 33.0 Å². The molecule has 0 amide bonds. The molecule has 2 N–H and O–H groups in total. The van der Waals surface area contributed by atoms with Crippen LogP contribution in [-0.2, 0) is 0 Å². The lowest BCUT2D eigenvalue weighted by Crippen LogP contribution is -2.47. The highest BCUT2D eigenvalue weighted by Gasteiger charge is 2.48. The molecule has 2 nitrogen and oxygen atoms in total. The predicted octanol–water partition coefficient (Wildman–Crippen LogP) is 3.15. The fourth-order valence-electron chi connectivity index (χ4n) is 4.36. The van der Waals surface area contributed by atoms with Gasteiger partial charge < -0.3 is 10.2 Å². The van der Waals surface area contributed by atoms with Crippen LogP contribution in [0, 0.1) is 0 Å². The molecule has 0 saturated carbocycles. The van der Waals surface area contributed by atoms with Crippen LogP contribution in [0.4, 0.5) is 0 Å². The largest absolute Gasteiger partial charge is 0.389 e. The van der Waals surface area contributed by atoms with Gasteiger partial charge in [0.25, 0.3) is 0 Å². The quantitative estimate of drug-likeness (QED) is 0.667. The van der Waals surface area contributed by atoms with Crippen molar-refractivity contribution >= 4 is 10.8 Å². The van der Waals surface area contributed by atoms with E-state index in [1.54, 1.807) is 0 Å². The number of rotatable bonds is 0. The van der Waals surface area contributed by atoms with Gasteiger partial charge in [0.2, 0.25) is 0 Å². The van der Waals surface area contributed by atoms with Crippen molar-refractivity contribution in [1.29, 1.82) is 0 Å². The van der Waals surface area contributed by atoms with Crippen molar-refractivity contribution in [3.8, 4) is 0 Å². The Labute approximate surface area is 128 Å². The maximum absolute atomic E-state index is 10.6. The second kappa shape index (κ2) is 4.19. The Morgan fingerprint density at radius 3 is 1.41 bits per heavy atom. The molecule has 2 heteroatoms. The van der Waals surface area contributed by atoms with Gasteiger partial charge in [0.05, 0.1) is 12.2 Å². The van der Waals surface area contributed by atoms with Crippen LogP contribution in [0.2, 0.25) is 0 Å². The van der Waals surface area contributed by atoms with Crippen molar-refractivity contribution in [3.63, 3.8) is 0 Å². The minimum absolute atomic E-state index is 0.129. The molecule has 0 radical (unpaired) electrons. The van der Waals surface area contributed by atoms with E-state index in [2.05, 4.69) is 36.4 Å². The van der Waals surface area contributed by atoms with Gasteiger partial charge in [-0.15, -0.1) is 0 Å². The van der Waals surface area contributed by atoms with Gasteiger partial charge in [0, 0.05) is 11.8 Å². The molecule has 3 aromatic rings. The summed E-state index contributed by atoms with van der Waals surface area (Å²) < 4.78 is 0. The third kappa shape index (κ3) is 1.41. The minimum atomic E-state index is -0.728. The van der Waals surface area contributed by atoms with Crippen molar-refractivity contribution < 1.29 is 10.2 Å². The average molecular weight is 288 g/mol. The maximum Gasteiger partial charge on any atom is 0.0917 e. The molecule has 6 rings (SSSR count). The van der Waals surface area contributed by atoms with E-state index < -0.39 is 12.2 Å². The number of benzene rings is 3. The molecule has 4 atom stereocenters. The van der Waals surface area contributed by atoms with Gasteiger partial charge in [0.1, 0.15) is 0 Å². The van der Waals surface area contributed by atoms with Crippen molar-refractivity contribution in [2.24, 2.45) is 0 Å². The van der Waals surface area contributed by atoms with Gasteiger partial charge in [-0.1, -0.05) is 60.7 Å². The van der Waals surface area contributed by atoms with E-state index in [4.69, 9.17) is 0 Å². The van der Waals surface area contributed by atoms with Crippen LogP contribution in [-0.4, -0.2) is 22.4 Å². The summed E-state index contributed by atoms with van der Waals surface area (Å²) in [6.45, 7) is 0. The summed E-state index contributed by atoms with van der Waals surface area (Å²) in [5.74, 6) is -0.258. The zero-order valence-corrected chi connectivity index (χ0v) is 12.0. The molecule has 0 heterocycles. The Balaban J connectivity index is 1.87. The van der Waals surface area contributed by atoms with E-state index in [0.717, 1.165) is 11.1 Å². The van der Waals surface area contributed by atoms with Gasteiger partial charge in [0.15, 0.2) is 0 Å². The van der Waals surface area contributed by atoms with Crippen LogP contribution in [0.1, 0.15) is 34.1 Å². The fourth-order valence-corrected chi connectivity index (χ4v) is 4.36. The van der Waals surface area contributed by atoms with Gasteiger partial charge >= 0.3 is 0 Å². The molecule has 4 unspecified atom stereocenters. The topological polar surface area (TPSA) is 40.5 Å². The smallest absolute Gasteiger partial charge is 0.0917 e. The lowest BCUT2D eigenvalue weighted by molar-refractivity contribution is -0.0153. The number of fused-ring (bicyclic) bond motifs is 2. The number of aliphatic hydroxyl groups excluding tert-OH is 2. The number of hydrogen-bond donors (Lipinski definition) is 2. The first-order chi connectivity index (χ1) is 10.8. The van der Waals surface area contributed by atoms with E-state index in [1.165, 1.54) is 21.9 Å². The molecule has 0 aromatic heterocycles. The molecule has 0 saturated heterocycles. The van der Waals surface area contributed by atoms with Crippen molar-refractivity contribution in [2.75, 3.05) is 0 Å². The van der Waals surface area contributed by atoms with E-state index in [9.17, 15) is 10.2 Å². The molecular formula is C20H16O2. The first-order valence-corrected chi connectivity index (χ1v) is 7.73. The first kappa shape index (κ1) is 12.4. The molecule has 0 aliphatic heterocycles. The van der Waals surface area contributed by atoms with Crippen molar-refractivity contribution in [2.45, 2.75) is 24.0 Å². The molecule has 22 heavy (non-hydrogen) atoms. The lowest BCUT2D eigenvalue weighted by Gasteiger charge is -2.46. The van der Waals surface area contributed by atoms with E-state index in [1.807, 2.05) is 24.3 Å². The van der Waals surface area contributed by atoms with Crippen LogP contribution in [0.3, 0.4) is 0 Å². The Morgan fingerprint density at radius 1 is 0.545 bits per heavy atom. The highest BCUT2D eigenvalue weighted by molar-refractivity contribution is 5.85. The fraction of sp³-hybridized carbons (Fsp3) is 0.200. The molecular weight excluding hydrogens is 272 g/mol. The Bertz CT molecular complexity index is 826. The van der Waals surface area contributed by atoms with Crippen molar-refractivity contribution in [1.82, 2.24) is 0 Å². The molecule has 0 spiro atoms. The number of aliphatic hydroxyl groups is 2. The summed E-state index contributed by atoms with van der Waals surface area (Å²) in [6.07, 6.45) is -1.46. The van der Waals surface area contributed by atoms with Gasteiger partial charge in [-0.3, -0.25) is 0 Å². The Morgan fingerprint density at radius 2 is 0.955 bits per heavy atom. The molecule has 0 fully saturated rings. The SMILES string of the molecule is OC1C2c3ccccc3C(c3cc4ccccc4cc32)C1O. The Kier molecular flexibility index (Phi) is 2.36. The minimum Gasteiger partial charge on any atom is -0.389 e. The predicted molar refractivity (Wildman–Crippen MR) is 86.1 cm³/mol. The van der Waals surface area contributed by atoms with E-state index in [-0.39, 0.29) is 11.8 Å². The molecule has 3 aliphatic rings. The van der Waals surface area contributed by atoms with E-state index >= 15 is 0 Å². The summed E-state index contributed by atoms with van der Waals surface area (Å²) in [6, 6.07) is 20.9. The van der Waals surface area contributed by atoms with Crippen LogP contribution < -0.4 is 0 Å². The lowest BCUT2D eigenvalue weighted by atomic mass is 9.61. The van der Waals surface area contributed by atoms with Crippen LogP contribution in [0.15, 0.2) is 60.7 Å². The van der Waals surface area contributed by atoms with E-state index in [0.29, 0.717) is 0 Å². The standard InChI is InChI=1S/C20H16O2/c21-19-17-13-7-3-4-8-14(13)18(20(19)22)16-10-12-6-2-1-5-11(12)9-15(16)17/h1-10,17-22H. The second-order valence-electron chi connectivity index (χ2n) is 6.39. The van der Waals surface area contributed by atoms with Gasteiger partial charge in [-0.25, -0.2) is 0 Å². The normalized spacial score (nSPS) is 28.5. The van der Waals surface area contributed by atoms with Crippen LogP contribution in [0.5, 0.6) is 0 Å². The molecule has 2 bridgehead atoms. The third-order valence-electron chi connectivity index (χ3n) is 5.32. The Hall–Kier alpha value is -2.16. The summed E-state index contributed by atoms with van der Waals surface area (Å²) in [4.78, 5) is 0. The monoisotopic (exact) mass is 288 g/mol. The zero-order chi connectivity index (χ0) is 14.8. The van der Waals surface area contributed by atoms with Crippen LogP contribution in [0.25, 0.3) is 10.8 Å².